The lowest BCUT2D eigenvalue weighted by Crippen LogP contribution is -2.41. The molecule has 0 unspecified atom stereocenters. The summed E-state index contributed by atoms with van der Waals surface area (Å²) in [7, 11) is 0. The molecule has 1 saturated carbocycles. The first-order valence-corrected chi connectivity index (χ1v) is 11.7. The average Bonchev–Trinajstić information content (AvgIpc) is 2.78. The van der Waals surface area contributed by atoms with Gasteiger partial charge in [0.15, 0.2) is 5.41 Å². The molecule has 1 aliphatic rings. The Morgan fingerprint density at radius 1 is 0.812 bits per heavy atom. The zero-order valence-corrected chi connectivity index (χ0v) is 19.8. The van der Waals surface area contributed by atoms with Gasteiger partial charge in [0.2, 0.25) is 0 Å². The maximum Gasteiger partial charge on any atom is 0.330 e. The lowest BCUT2D eigenvalue weighted by molar-refractivity contribution is -0.172. The fourth-order valence-corrected chi connectivity index (χ4v) is 3.57. The molecule has 178 valence electrons. The summed E-state index contributed by atoms with van der Waals surface area (Å²) in [6, 6.07) is 0. The van der Waals surface area contributed by atoms with E-state index in [0.717, 1.165) is 12.8 Å². The molecule has 32 heavy (non-hydrogen) atoms. The molecule has 0 spiro atoms. The second-order valence-corrected chi connectivity index (χ2v) is 7.62. The number of ether oxygens (including phenoxy) is 3. The largest absolute Gasteiger partial charge is 0.465 e. The molecule has 0 N–H and O–H groups in total. The number of esters is 3. The van der Waals surface area contributed by atoms with Crippen LogP contribution in [-0.4, -0.2) is 37.7 Å². The van der Waals surface area contributed by atoms with Gasteiger partial charge in [-0.2, -0.15) is 0 Å². The van der Waals surface area contributed by atoms with E-state index in [0.29, 0.717) is 13.0 Å². The van der Waals surface area contributed by atoms with Crippen LogP contribution in [0.25, 0.3) is 0 Å². The minimum atomic E-state index is -1.40. The van der Waals surface area contributed by atoms with Gasteiger partial charge in [0.25, 0.3) is 0 Å². The second kappa shape index (κ2) is 16.1. The van der Waals surface area contributed by atoms with Crippen molar-refractivity contribution in [1.29, 1.82) is 0 Å². The molecule has 0 aliphatic heterocycles. The Hall–Kier alpha value is -2.63. The van der Waals surface area contributed by atoms with E-state index in [-0.39, 0.29) is 26.1 Å². The summed E-state index contributed by atoms with van der Waals surface area (Å²) >= 11 is 0. The fourth-order valence-electron chi connectivity index (χ4n) is 3.57. The van der Waals surface area contributed by atoms with Gasteiger partial charge in [-0.25, -0.2) is 4.79 Å². The van der Waals surface area contributed by atoms with Crippen molar-refractivity contribution >= 4 is 17.9 Å². The van der Waals surface area contributed by atoms with Gasteiger partial charge in [-0.15, -0.1) is 0 Å². The summed E-state index contributed by atoms with van der Waals surface area (Å²) in [6.07, 6.45) is 19.1. The van der Waals surface area contributed by atoms with Gasteiger partial charge >= 0.3 is 17.9 Å². The number of hydrogen-bond donors (Lipinski definition) is 0. The van der Waals surface area contributed by atoms with Crippen LogP contribution in [0.1, 0.15) is 72.1 Å². The molecular weight excluding hydrogens is 408 g/mol. The lowest BCUT2D eigenvalue weighted by Gasteiger charge is -2.27. The molecule has 1 fully saturated rings. The Morgan fingerprint density at radius 2 is 1.44 bits per heavy atom. The minimum absolute atomic E-state index is 0.186. The summed E-state index contributed by atoms with van der Waals surface area (Å²) in [6.45, 7) is 5.87. The van der Waals surface area contributed by atoms with Gasteiger partial charge in [0.05, 0.1) is 19.8 Å². The molecule has 0 saturated heterocycles. The number of rotatable bonds is 13. The van der Waals surface area contributed by atoms with Crippen molar-refractivity contribution in [3.63, 3.8) is 0 Å². The fraction of sp³-hybridized carbons (Fsp3) is 0.577. The highest BCUT2D eigenvalue weighted by Gasteiger charge is 2.47. The Balaban J connectivity index is 2.94. The monoisotopic (exact) mass is 446 g/mol. The molecule has 0 bridgehead atoms. The molecule has 0 atom stereocenters. The van der Waals surface area contributed by atoms with Crippen molar-refractivity contribution in [3.8, 4) is 0 Å². The van der Waals surface area contributed by atoms with Gasteiger partial charge in [-0.1, -0.05) is 48.5 Å². The van der Waals surface area contributed by atoms with Crippen LogP contribution >= 0.6 is 0 Å². The standard InChI is InChI=1S/C26H38O6/c1-4-30-23(27)19-12-7-8-14-20-26(24(28)31-5-2,25(29)32-6-3)21-15-13-18-22-16-10-9-11-17-22/h7-8,12-13,15,18-19H,4-6,9-11,14,16-17,20-21H2,1-3H3/b8-7+,15-13+,19-12+. The first-order valence-electron chi connectivity index (χ1n) is 11.7. The number of carbonyl (C=O) groups excluding carboxylic acids is 3. The summed E-state index contributed by atoms with van der Waals surface area (Å²) < 4.78 is 15.4. The quantitative estimate of drug-likeness (QED) is 0.124. The van der Waals surface area contributed by atoms with Crippen LogP contribution in [0.4, 0.5) is 0 Å². The van der Waals surface area contributed by atoms with E-state index in [1.165, 1.54) is 30.9 Å². The van der Waals surface area contributed by atoms with Gasteiger partial charge in [0, 0.05) is 6.08 Å². The van der Waals surface area contributed by atoms with E-state index in [1.807, 2.05) is 12.2 Å². The molecule has 6 nitrogen and oxygen atoms in total. The van der Waals surface area contributed by atoms with Crippen molar-refractivity contribution in [1.82, 2.24) is 0 Å². The van der Waals surface area contributed by atoms with Crippen molar-refractivity contribution in [2.75, 3.05) is 19.8 Å². The first-order chi connectivity index (χ1) is 15.5. The summed E-state index contributed by atoms with van der Waals surface area (Å²) in [5.74, 6) is -1.55. The Labute approximate surface area is 192 Å². The molecule has 1 aliphatic carbocycles. The van der Waals surface area contributed by atoms with Crippen LogP contribution in [0.15, 0.2) is 48.1 Å². The minimum Gasteiger partial charge on any atom is -0.465 e. The normalized spacial score (nSPS) is 14.8. The van der Waals surface area contributed by atoms with Crippen LogP contribution in [0.3, 0.4) is 0 Å². The SMILES string of the molecule is CCOC(=O)/C=C/C=C/CCC(C/C=C/C=C1CCCCC1)(C(=O)OCC)C(=O)OCC. The number of carbonyl (C=O) groups is 3. The van der Waals surface area contributed by atoms with Crippen LogP contribution in [0.5, 0.6) is 0 Å². The maximum absolute atomic E-state index is 12.9. The summed E-state index contributed by atoms with van der Waals surface area (Å²) in [4.78, 5) is 37.1. The van der Waals surface area contributed by atoms with Crippen molar-refractivity contribution in [2.24, 2.45) is 5.41 Å². The zero-order valence-electron chi connectivity index (χ0n) is 19.8. The van der Waals surface area contributed by atoms with E-state index >= 15 is 0 Å². The lowest BCUT2D eigenvalue weighted by atomic mass is 9.79. The number of allylic oxidation sites excluding steroid dienone is 7. The summed E-state index contributed by atoms with van der Waals surface area (Å²) in [5.41, 5.74) is 0.00433. The second-order valence-electron chi connectivity index (χ2n) is 7.62. The summed E-state index contributed by atoms with van der Waals surface area (Å²) in [5, 5.41) is 0. The van der Waals surface area contributed by atoms with Crippen LogP contribution < -0.4 is 0 Å². The first kappa shape index (κ1) is 27.4. The van der Waals surface area contributed by atoms with E-state index < -0.39 is 23.3 Å². The molecule has 6 heteroatoms. The Bertz CT molecular complexity index is 688. The van der Waals surface area contributed by atoms with Crippen molar-refractivity contribution in [2.45, 2.75) is 72.1 Å². The molecule has 0 aromatic heterocycles. The van der Waals surface area contributed by atoms with Crippen LogP contribution in [-0.2, 0) is 28.6 Å². The smallest absolute Gasteiger partial charge is 0.330 e. The van der Waals surface area contributed by atoms with E-state index in [1.54, 1.807) is 39.0 Å². The third-order valence-corrected chi connectivity index (χ3v) is 5.27. The predicted molar refractivity (Wildman–Crippen MR) is 125 cm³/mol. The van der Waals surface area contributed by atoms with Gasteiger partial charge in [0.1, 0.15) is 0 Å². The molecule has 0 radical (unpaired) electrons. The molecule has 0 amide bonds. The molecular formula is C26H38O6. The van der Waals surface area contributed by atoms with Gasteiger partial charge in [-0.3, -0.25) is 9.59 Å². The maximum atomic E-state index is 12.9. The average molecular weight is 447 g/mol. The molecule has 1 rings (SSSR count). The van der Waals surface area contributed by atoms with Gasteiger partial charge < -0.3 is 14.2 Å². The number of hydrogen-bond acceptors (Lipinski definition) is 6. The van der Waals surface area contributed by atoms with Crippen LogP contribution in [0.2, 0.25) is 0 Å². The molecule has 0 heterocycles. The topological polar surface area (TPSA) is 78.9 Å². The zero-order chi connectivity index (χ0) is 23.7. The van der Waals surface area contributed by atoms with E-state index in [4.69, 9.17) is 14.2 Å². The van der Waals surface area contributed by atoms with Gasteiger partial charge in [-0.05, 0) is 65.7 Å². The van der Waals surface area contributed by atoms with E-state index in [9.17, 15) is 14.4 Å². The van der Waals surface area contributed by atoms with Crippen molar-refractivity contribution in [3.05, 3.63) is 48.1 Å². The Kier molecular flexibility index (Phi) is 13.8. The van der Waals surface area contributed by atoms with E-state index in [2.05, 4.69) is 6.08 Å². The van der Waals surface area contributed by atoms with Crippen LogP contribution in [0, 0.1) is 5.41 Å². The van der Waals surface area contributed by atoms with Crippen molar-refractivity contribution < 1.29 is 28.6 Å². The highest BCUT2D eigenvalue weighted by molar-refractivity contribution is 6.00. The highest BCUT2D eigenvalue weighted by Crippen LogP contribution is 2.33. The predicted octanol–water partition coefficient (Wildman–Crippen LogP) is 5.39. The highest BCUT2D eigenvalue weighted by atomic mass is 16.6. The Morgan fingerprint density at radius 3 is 2.03 bits per heavy atom. The molecule has 0 aromatic carbocycles. The molecule has 0 aromatic rings. The third kappa shape index (κ3) is 9.67. The third-order valence-electron chi connectivity index (χ3n) is 5.27.